The number of fused-ring (bicyclic) bond motifs is 1. The van der Waals surface area contributed by atoms with E-state index in [9.17, 15) is 4.79 Å². The van der Waals surface area contributed by atoms with Crippen LogP contribution in [0.5, 0.6) is 0 Å². The smallest absolute Gasteiger partial charge is 0.339 e. The summed E-state index contributed by atoms with van der Waals surface area (Å²) in [4.78, 5) is 11.6. The van der Waals surface area contributed by atoms with E-state index >= 15 is 0 Å². The maximum absolute atomic E-state index is 11.6. The predicted octanol–water partition coefficient (Wildman–Crippen LogP) is 1.59. The van der Waals surface area contributed by atoms with E-state index in [0.717, 1.165) is 5.56 Å². The van der Waals surface area contributed by atoms with Crippen molar-refractivity contribution in [2.75, 3.05) is 6.54 Å². The normalized spacial score (nSPS) is 23.4. The SMILES string of the molecule is C=CC[C@]1(CN)OC(=O)c2ccccc21. The molecule has 0 aromatic heterocycles. The molecule has 0 bridgehead atoms. The van der Waals surface area contributed by atoms with E-state index < -0.39 is 5.60 Å². The molecule has 0 fully saturated rings. The molecule has 0 unspecified atom stereocenters. The van der Waals surface area contributed by atoms with Gasteiger partial charge in [-0.2, -0.15) is 0 Å². The molecule has 1 atom stereocenters. The Kier molecular flexibility index (Phi) is 2.32. The van der Waals surface area contributed by atoms with E-state index in [1.165, 1.54) is 0 Å². The van der Waals surface area contributed by atoms with Crippen molar-refractivity contribution in [3.8, 4) is 0 Å². The molecular weight excluding hydrogens is 190 g/mol. The van der Waals surface area contributed by atoms with E-state index in [-0.39, 0.29) is 12.5 Å². The second-order valence-electron chi connectivity index (χ2n) is 3.63. The quantitative estimate of drug-likeness (QED) is 0.599. The molecule has 1 aliphatic heterocycles. The number of nitrogens with two attached hydrogens (primary N) is 1. The maximum atomic E-state index is 11.6. The van der Waals surface area contributed by atoms with Crippen LogP contribution in [-0.4, -0.2) is 12.5 Å². The van der Waals surface area contributed by atoms with E-state index in [0.29, 0.717) is 12.0 Å². The molecule has 0 spiro atoms. The molecule has 0 saturated heterocycles. The van der Waals surface area contributed by atoms with Crippen molar-refractivity contribution < 1.29 is 9.53 Å². The van der Waals surface area contributed by atoms with E-state index in [1.807, 2.05) is 18.2 Å². The van der Waals surface area contributed by atoms with Crippen molar-refractivity contribution >= 4 is 5.97 Å². The van der Waals surface area contributed by atoms with Gasteiger partial charge in [-0.3, -0.25) is 0 Å². The van der Waals surface area contributed by atoms with Gasteiger partial charge in [0.05, 0.1) is 5.56 Å². The van der Waals surface area contributed by atoms with Crippen molar-refractivity contribution in [2.24, 2.45) is 5.73 Å². The molecule has 2 rings (SSSR count). The maximum Gasteiger partial charge on any atom is 0.339 e. The largest absolute Gasteiger partial charge is 0.449 e. The number of cyclic esters (lactones) is 1. The number of hydrogen-bond donors (Lipinski definition) is 1. The van der Waals surface area contributed by atoms with Crippen LogP contribution in [0.15, 0.2) is 36.9 Å². The van der Waals surface area contributed by atoms with Crippen molar-refractivity contribution in [1.82, 2.24) is 0 Å². The average molecular weight is 203 g/mol. The molecule has 1 aromatic rings. The molecular formula is C12H13NO2. The number of carbonyl (C=O) groups excluding carboxylic acids is 1. The van der Waals surface area contributed by atoms with Gasteiger partial charge in [0.25, 0.3) is 0 Å². The molecule has 1 heterocycles. The number of carbonyl (C=O) groups is 1. The van der Waals surface area contributed by atoms with Crippen LogP contribution in [0.25, 0.3) is 0 Å². The number of esters is 1. The van der Waals surface area contributed by atoms with Gasteiger partial charge >= 0.3 is 5.97 Å². The summed E-state index contributed by atoms with van der Waals surface area (Å²) in [6, 6.07) is 7.35. The summed E-state index contributed by atoms with van der Waals surface area (Å²) >= 11 is 0. The second kappa shape index (κ2) is 3.51. The highest BCUT2D eigenvalue weighted by molar-refractivity contribution is 5.94. The molecule has 1 aliphatic rings. The highest BCUT2D eigenvalue weighted by Crippen LogP contribution is 2.38. The summed E-state index contributed by atoms with van der Waals surface area (Å²) in [5.41, 5.74) is 6.50. The molecule has 78 valence electrons. The first-order valence-corrected chi connectivity index (χ1v) is 4.87. The Labute approximate surface area is 88.5 Å². The third-order valence-corrected chi connectivity index (χ3v) is 2.73. The van der Waals surface area contributed by atoms with E-state index in [2.05, 4.69) is 6.58 Å². The molecule has 0 saturated carbocycles. The van der Waals surface area contributed by atoms with Crippen LogP contribution in [0.4, 0.5) is 0 Å². The number of hydrogen-bond acceptors (Lipinski definition) is 3. The summed E-state index contributed by atoms with van der Waals surface area (Å²) in [6.07, 6.45) is 2.27. The van der Waals surface area contributed by atoms with E-state index in [1.54, 1.807) is 12.1 Å². The molecule has 0 aliphatic carbocycles. The first-order chi connectivity index (χ1) is 7.23. The molecule has 1 aromatic carbocycles. The van der Waals surface area contributed by atoms with Crippen molar-refractivity contribution in [3.05, 3.63) is 48.0 Å². The first kappa shape index (κ1) is 9.93. The second-order valence-corrected chi connectivity index (χ2v) is 3.63. The van der Waals surface area contributed by atoms with E-state index in [4.69, 9.17) is 10.5 Å². The fourth-order valence-electron chi connectivity index (χ4n) is 1.97. The monoisotopic (exact) mass is 203 g/mol. The van der Waals surface area contributed by atoms with Gasteiger partial charge < -0.3 is 10.5 Å². The highest BCUT2D eigenvalue weighted by Gasteiger charge is 2.43. The number of rotatable bonds is 3. The van der Waals surface area contributed by atoms with Gasteiger partial charge in [-0.25, -0.2) is 4.79 Å². The Balaban J connectivity index is 2.54. The lowest BCUT2D eigenvalue weighted by Gasteiger charge is -2.25. The lowest BCUT2D eigenvalue weighted by Crippen LogP contribution is -2.34. The fourth-order valence-corrected chi connectivity index (χ4v) is 1.97. The van der Waals surface area contributed by atoms with Gasteiger partial charge in [0.2, 0.25) is 0 Å². The van der Waals surface area contributed by atoms with Crippen molar-refractivity contribution in [1.29, 1.82) is 0 Å². The Bertz CT molecular complexity index is 414. The minimum absolute atomic E-state index is 0.280. The minimum atomic E-state index is -0.699. The Hall–Kier alpha value is -1.61. The molecule has 3 nitrogen and oxygen atoms in total. The summed E-state index contributed by atoms with van der Waals surface area (Å²) in [5.74, 6) is -0.294. The number of ether oxygens (including phenoxy) is 1. The highest BCUT2D eigenvalue weighted by atomic mass is 16.6. The van der Waals surface area contributed by atoms with Crippen LogP contribution >= 0.6 is 0 Å². The van der Waals surface area contributed by atoms with Gasteiger partial charge in [-0.1, -0.05) is 24.3 Å². The standard InChI is InChI=1S/C12H13NO2/c1-2-7-12(8-13)10-6-4-3-5-9(10)11(14)15-12/h2-6H,1,7-8,13H2/t12-/m1/s1. The zero-order valence-electron chi connectivity index (χ0n) is 8.40. The van der Waals surface area contributed by atoms with Crippen molar-refractivity contribution in [2.45, 2.75) is 12.0 Å². The molecule has 3 heteroatoms. The van der Waals surface area contributed by atoms with Crippen LogP contribution < -0.4 is 5.73 Å². The molecule has 0 amide bonds. The van der Waals surface area contributed by atoms with Gasteiger partial charge in [0, 0.05) is 18.5 Å². The van der Waals surface area contributed by atoms with Crippen LogP contribution in [0.3, 0.4) is 0 Å². The van der Waals surface area contributed by atoms with Gasteiger partial charge in [-0.05, 0) is 6.07 Å². The fraction of sp³-hybridized carbons (Fsp3) is 0.250. The van der Waals surface area contributed by atoms with Gasteiger partial charge in [0.15, 0.2) is 5.60 Å². The van der Waals surface area contributed by atoms with Crippen LogP contribution in [-0.2, 0) is 10.3 Å². The van der Waals surface area contributed by atoms with Crippen LogP contribution in [0.2, 0.25) is 0 Å². The predicted molar refractivity (Wildman–Crippen MR) is 57.4 cm³/mol. The Morgan fingerprint density at radius 2 is 2.20 bits per heavy atom. The lowest BCUT2D eigenvalue weighted by atomic mass is 9.89. The minimum Gasteiger partial charge on any atom is -0.449 e. The molecule has 0 radical (unpaired) electrons. The topological polar surface area (TPSA) is 52.3 Å². The zero-order valence-corrected chi connectivity index (χ0v) is 8.40. The van der Waals surface area contributed by atoms with Crippen molar-refractivity contribution in [3.63, 3.8) is 0 Å². The third kappa shape index (κ3) is 1.36. The Morgan fingerprint density at radius 1 is 1.47 bits per heavy atom. The summed E-state index contributed by atoms with van der Waals surface area (Å²) in [6.45, 7) is 3.95. The lowest BCUT2D eigenvalue weighted by molar-refractivity contribution is -0.00244. The summed E-state index contributed by atoms with van der Waals surface area (Å²) < 4.78 is 5.37. The average Bonchev–Trinajstić information content (AvgIpc) is 2.55. The van der Waals surface area contributed by atoms with Gasteiger partial charge in [0.1, 0.15) is 0 Å². The molecule has 2 N–H and O–H groups in total. The van der Waals surface area contributed by atoms with Crippen LogP contribution in [0.1, 0.15) is 22.3 Å². The summed E-state index contributed by atoms with van der Waals surface area (Å²) in [7, 11) is 0. The Morgan fingerprint density at radius 3 is 2.87 bits per heavy atom. The summed E-state index contributed by atoms with van der Waals surface area (Å²) in [5, 5.41) is 0. The zero-order chi connectivity index (χ0) is 10.9. The third-order valence-electron chi connectivity index (χ3n) is 2.73. The molecule has 15 heavy (non-hydrogen) atoms. The first-order valence-electron chi connectivity index (χ1n) is 4.87. The van der Waals surface area contributed by atoms with Gasteiger partial charge in [-0.15, -0.1) is 6.58 Å². The number of benzene rings is 1. The van der Waals surface area contributed by atoms with Crippen LogP contribution in [0, 0.1) is 0 Å².